The molecule has 142 valence electrons. The van der Waals surface area contributed by atoms with E-state index in [1.807, 2.05) is 5.32 Å². The molecule has 27 heavy (non-hydrogen) atoms. The number of furan rings is 1. The molecule has 0 fully saturated rings. The van der Waals surface area contributed by atoms with E-state index in [1.165, 1.54) is 13.2 Å². The molecule has 0 bridgehead atoms. The molecule has 0 saturated heterocycles. The number of ether oxygens (including phenoxy) is 2. The highest BCUT2D eigenvalue weighted by Gasteiger charge is 2.12. The van der Waals surface area contributed by atoms with Gasteiger partial charge in [-0.2, -0.15) is 0 Å². The number of hydrogen-bond acceptors (Lipinski definition) is 7. The number of imide groups is 1. The minimum Gasteiger partial charge on any atom is -0.482 e. The maximum atomic E-state index is 11.6. The van der Waals surface area contributed by atoms with E-state index in [-0.39, 0.29) is 12.3 Å². The average molecular weight is 374 g/mol. The summed E-state index contributed by atoms with van der Waals surface area (Å²) >= 11 is 0. The van der Waals surface area contributed by atoms with Gasteiger partial charge in [0, 0.05) is 5.56 Å². The van der Waals surface area contributed by atoms with E-state index in [9.17, 15) is 19.2 Å². The number of Topliss-reactive ketones (excluding diaryl/α,β-unsaturated/α-hetero) is 1. The Hall–Kier alpha value is -3.62. The van der Waals surface area contributed by atoms with E-state index in [4.69, 9.17) is 13.9 Å². The number of ketones is 1. The largest absolute Gasteiger partial charge is 0.482 e. The van der Waals surface area contributed by atoms with Gasteiger partial charge in [0.15, 0.2) is 19.0 Å². The third-order valence-electron chi connectivity index (χ3n) is 3.24. The molecule has 9 heteroatoms. The van der Waals surface area contributed by atoms with Gasteiger partial charge in [0.05, 0.1) is 12.8 Å². The molecule has 1 aromatic carbocycles. The van der Waals surface area contributed by atoms with Gasteiger partial charge in [0.1, 0.15) is 11.5 Å². The molecule has 0 atom stereocenters. The molecule has 2 N–H and O–H groups in total. The topological polar surface area (TPSA) is 124 Å². The second kappa shape index (κ2) is 9.76. The molecule has 0 saturated carbocycles. The maximum absolute atomic E-state index is 11.6. The Morgan fingerprint density at radius 1 is 1.04 bits per heavy atom. The van der Waals surface area contributed by atoms with Gasteiger partial charge in [0.25, 0.3) is 5.91 Å². The summed E-state index contributed by atoms with van der Waals surface area (Å²) in [5.74, 6) is -0.751. The maximum Gasteiger partial charge on any atom is 0.344 e. The SMILES string of the molecule is CC(=O)c1ccc(OCC(=O)OCC(=O)NC(=O)NCc2ccco2)cc1. The molecule has 1 aromatic heterocycles. The molecule has 3 amide bonds. The predicted molar refractivity (Wildman–Crippen MR) is 92.0 cm³/mol. The van der Waals surface area contributed by atoms with Crippen LogP contribution in [0.3, 0.4) is 0 Å². The zero-order valence-electron chi connectivity index (χ0n) is 14.5. The molecule has 2 aromatic rings. The van der Waals surface area contributed by atoms with Crippen LogP contribution in [0.5, 0.6) is 5.75 Å². The van der Waals surface area contributed by atoms with Gasteiger partial charge in [-0.3, -0.25) is 14.9 Å². The van der Waals surface area contributed by atoms with E-state index < -0.39 is 31.1 Å². The summed E-state index contributed by atoms with van der Waals surface area (Å²) < 4.78 is 14.9. The van der Waals surface area contributed by atoms with Crippen molar-refractivity contribution in [3.8, 4) is 5.75 Å². The number of amides is 3. The highest BCUT2D eigenvalue weighted by atomic mass is 16.6. The molecular formula is C18H18N2O7. The molecule has 9 nitrogen and oxygen atoms in total. The van der Waals surface area contributed by atoms with Gasteiger partial charge in [-0.15, -0.1) is 0 Å². The number of carbonyl (C=O) groups excluding carboxylic acids is 4. The Kier molecular flexibility index (Phi) is 7.12. The van der Waals surface area contributed by atoms with Crippen LogP contribution in [-0.2, 0) is 20.9 Å². The summed E-state index contributed by atoms with van der Waals surface area (Å²) in [5, 5.41) is 4.42. The highest BCUT2D eigenvalue weighted by Crippen LogP contribution is 2.12. The Balaban J connectivity index is 1.63. The number of rotatable bonds is 8. The molecule has 0 aliphatic carbocycles. The van der Waals surface area contributed by atoms with Gasteiger partial charge in [-0.1, -0.05) is 0 Å². The van der Waals surface area contributed by atoms with Crippen LogP contribution in [0.25, 0.3) is 0 Å². The molecule has 0 unspecified atom stereocenters. The van der Waals surface area contributed by atoms with Crippen molar-refractivity contribution in [1.82, 2.24) is 10.6 Å². The van der Waals surface area contributed by atoms with E-state index in [0.29, 0.717) is 17.1 Å². The van der Waals surface area contributed by atoms with Crippen molar-refractivity contribution in [1.29, 1.82) is 0 Å². The molecule has 1 heterocycles. The van der Waals surface area contributed by atoms with Crippen LogP contribution in [0.1, 0.15) is 23.0 Å². The van der Waals surface area contributed by atoms with Gasteiger partial charge >= 0.3 is 12.0 Å². The van der Waals surface area contributed by atoms with Crippen LogP contribution < -0.4 is 15.4 Å². The lowest BCUT2D eigenvalue weighted by atomic mass is 10.1. The molecule has 0 aliphatic rings. The standard InChI is InChI=1S/C18H18N2O7/c1-12(21)13-4-6-14(7-5-13)26-11-17(23)27-10-16(22)20-18(24)19-9-15-3-2-8-25-15/h2-8H,9-11H2,1H3,(H2,19,20,22,24). The van der Waals surface area contributed by atoms with Crippen LogP contribution >= 0.6 is 0 Å². The summed E-state index contributed by atoms with van der Waals surface area (Å²) in [4.78, 5) is 45.8. The van der Waals surface area contributed by atoms with E-state index in [1.54, 1.807) is 36.4 Å². The first-order valence-corrected chi connectivity index (χ1v) is 7.93. The number of esters is 1. The first-order chi connectivity index (χ1) is 12.9. The molecule has 0 spiro atoms. The quantitative estimate of drug-likeness (QED) is 0.529. The minimum atomic E-state index is -0.786. The lowest BCUT2D eigenvalue weighted by Gasteiger charge is -2.08. The number of carbonyl (C=O) groups is 4. The normalized spacial score (nSPS) is 9.96. The third kappa shape index (κ3) is 7.02. The first-order valence-electron chi connectivity index (χ1n) is 7.93. The Labute approximate surface area is 154 Å². The lowest BCUT2D eigenvalue weighted by molar-refractivity contribution is -0.150. The fourth-order valence-corrected chi connectivity index (χ4v) is 1.90. The van der Waals surface area contributed by atoms with Crippen LogP contribution in [0, 0.1) is 0 Å². The van der Waals surface area contributed by atoms with Crippen LogP contribution in [0.4, 0.5) is 4.79 Å². The van der Waals surface area contributed by atoms with Crippen molar-refractivity contribution in [2.45, 2.75) is 13.5 Å². The number of hydrogen-bond donors (Lipinski definition) is 2. The molecular weight excluding hydrogens is 356 g/mol. The number of benzene rings is 1. The van der Waals surface area contributed by atoms with Crippen LogP contribution in [0.2, 0.25) is 0 Å². The van der Waals surface area contributed by atoms with Crippen molar-refractivity contribution in [3.63, 3.8) is 0 Å². The van der Waals surface area contributed by atoms with Crippen molar-refractivity contribution >= 4 is 23.7 Å². The fraction of sp³-hybridized carbons (Fsp3) is 0.222. The monoisotopic (exact) mass is 374 g/mol. The molecule has 0 radical (unpaired) electrons. The highest BCUT2D eigenvalue weighted by molar-refractivity contribution is 5.95. The van der Waals surface area contributed by atoms with Crippen molar-refractivity contribution in [3.05, 3.63) is 54.0 Å². The van der Waals surface area contributed by atoms with Gasteiger partial charge in [-0.25, -0.2) is 9.59 Å². The Bertz CT molecular complexity index is 798. The third-order valence-corrected chi connectivity index (χ3v) is 3.24. The number of urea groups is 1. The second-order valence-electron chi connectivity index (χ2n) is 5.34. The minimum absolute atomic E-state index is 0.0832. The number of nitrogens with one attached hydrogen (secondary N) is 2. The van der Waals surface area contributed by atoms with Crippen molar-refractivity contribution in [2.75, 3.05) is 13.2 Å². The fourth-order valence-electron chi connectivity index (χ4n) is 1.90. The smallest absolute Gasteiger partial charge is 0.344 e. The van der Waals surface area contributed by atoms with Gasteiger partial charge in [-0.05, 0) is 43.3 Å². The summed E-state index contributed by atoms with van der Waals surface area (Å²) in [7, 11) is 0. The van der Waals surface area contributed by atoms with Crippen LogP contribution in [-0.4, -0.2) is 36.9 Å². The average Bonchev–Trinajstić information content (AvgIpc) is 3.17. The first kappa shape index (κ1) is 19.7. The summed E-state index contributed by atoms with van der Waals surface area (Å²) in [6.07, 6.45) is 1.46. The Morgan fingerprint density at radius 3 is 2.41 bits per heavy atom. The van der Waals surface area contributed by atoms with E-state index in [2.05, 4.69) is 5.32 Å². The van der Waals surface area contributed by atoms with Crippen molar-refractivity contribution < 1.29 is 33.1 Å². The van der Waals surface area contributed by atoms with Gasteiger partial charge < -0.3 is 19.2 Å². The van der Waals surface area contributed by atoms with Crippen molar-refractivity contribution in [2.24, 2.45) is 0 Å². The second-order valence-corrected chi connectivity index (χ2v) is 5.34. The summed E-state index contributed by atoms with van der Waals surface area (Å²) in [6.45, 7) is 0.509. The molecule has 0 aliphatic heterocycles. The van der Waals surface area contributed by atoms with Crippen LogP contribution in [0.15, 0.2) is 47.1 Å². The predicted octanol–water partition coefficient (Wildman–Crippen LogP) is 1.43. The summed E-state index contributed by atoms with van der Waals surface area (Å²) in [5.41, 5.74) is 0.520. The van der Waals surface area contributed by atoms with E-state index >= 15 is 0 Å². The zero-order valence-corrected chi connectivity index (χ0v) is 14.5. The lowest BCUT2D eigenvalue weighted by Crippen LogP contribution is -2.41. The van der Waals surface area contributed by atoms with E-state index in [0.717, 1.165) is 0 Å². The zero-order chi connectivity index (χ0) is 19.6. The molecule has 2 rings (SSSR count). The Morgan fingerprint density at radius 2 is 1.78 bits per heavy atom. The summed E-state index contributed by atoms with van der Waals surface area (Å²) in [6, 6.07) is 8.81. The van der Waals surface area contributed by atoms with Gasteiger partial charge in [0.2, 0.25) is 0 Å².